The Morgan fingerprint density at radius 3 is 2.92 bits per heavy atom. The molecule has 0 spiro atoms. The molecule has 2 heterocycles. The van der Waals surface area contributed by atoms with Crippen LogP contribution in [-0.2, 0) is 11.3 Å². The highest BCUT2D eigenvalue weighted by atomic mass is 16.5. The van der Waals surface area contributed by atoms with Crippen LogP contribution in [0.3, 0.4) is 0 Å². The van der Waals surface area contributed by atoms with Crippen LogP contribution in [0, 0.1) is 23.2 Å². The Bertz CT molecular complexity index is 841. The van der Waals surface area contributed by atoms with Crippen LogP contribution in [0.25, 0.3) is 0 Å². The first-order valence-corrected chi connectivity index (χ1v) is 8.65. The van der Waals surface area contributed by atoms with Gasteiger partial charge in [-0.2, -0.15) is 10.4 Å². The van der Waals surface area contributed by atoms with Crippen molar-refractivity contribution in [1.29, 1.82) is 5.26 Å². The molecule has 1 aromatic carbocycles. The summed E-state index contributed by atoms with van der Waals surface area (Å²) in [5.41, 5.74) is 3.17. The van der Waals surface area contributed by atoms with Gasteiger partial charge in [0.15, 0.2) is 0 Å². The van der Waals surface area contributed by atoms with Crippen molar-refractivity contribution in [3.05, 3.63) is 47.3 Å². The van der Waals surface area contributed by atoms with E-state index in [-0.39, 0.29) is 5.97 Å². The summed E-state index contributed by atoms with van der Waals surface area (Å²) in [6, 6.07) is 8.31. The van der Waals surface area contributed by atoms with E-state index in [2.05, 4.69) is 16.1 Å². The molecule has 4 rings (SSSR count). The SMILES string of the molecule is CCOC(=O)c1cnn(Cc2ccc(N3CC4CC4C3)c(C#N)c2)c1. The first-order chi connectivity index (χ1) is 12.2. The monoisotopic (exact) mass is 336 g/mol. The number of hydrogen-bond donors (Lipinski definition) is 0. The number of esters is 1. The molecule has 2 fully saturated rings. The van der Waals surface area contributed by atoms with Crippen LogP contribution in [0.5, 0.6) is 0 Å². The minimum atomic E-state index is -0.366. The van der Waals surface area contributed by atoms with Crippen molar-refractivity contribution in [3.63, 3.8) is 0 Å². The molecule has 2 unspecified atom stereocenters. The molecule has 0 N–H and O–H groups in total. The molecular formula is C19H20N4O2. The Balaban J connectivity index is 1.49. The van der Waals surface area contributed by atoms with Crippen molar-refractivity contribution >= 4 is 11.7 Å². The molecule has 0 bridgehead atoms. The second-order valence-electron chi connectivity index (χ2n) is 6.77. The molecule has 1 saturated heterocycles. The number of carbonyl (C=O) groups is 1. The molecule has 1 aromatic heterocycles. The highest BCUT2D eigenvalue weighted by Gasteiger charge is 2.45. The molecule has 25 heavy (non-hydrogen) atoms. The van der Waals surface area contributed by atoms with Crippen molar-refractivity contribution in [2.75, 3.05) is 24.6 Å². The average Bonchev–Trinajstić information content (AvgIpc) is 3.01. The van der Waals surface area contributed by atoms with E-state index in [1.807, 2.05) is 18.2 Å². The van der Waals surface area contributed by atoms with E-state index in [0.29, 0.717) is 24.3 Å². The summed E-state index contributed by atoms with van der Waals surface area (Å²) in [5.74, 6) is 1.29. The third kappa shape index (κ3) is 3.10. The van der Waals surface area contributed by atoms with Gasteiger partial charge in [-0.3, -0.25) is 4.68 Å². The molecule has 1 aliphatic heterocycles. The highest BCUT2D eigenvalue weighted by molar-refractivity contribution is 5.88. The maximum Gasteiger partial charge on any atom is 0.341 e. The summed E-state index contributed by atoms with van der Waals surface area (Å²) in [7, 11) is 0. The maximum absolute atomic E-state index is 11.7. The van der Waals surface area contributed by atoms with E-state index in [4.69, 9.17) is 4.74 Å². The molecule has 2 aliphatic rings. The summed E-state index contributed by atoms with van der Waals surface area (Å²) in [6.45, 7) is 4.77. The first-order valence-electron chi connectivity index (χ1n) is 8.65. The number of rotatable bonds is 5. The lowest BCUT2D eigenvalue weighted by atomic mass is 10.1. The fourth-order valence-electron chi connectivity index (χ4n) is 3.60. The zero-order chi connectivity index (χ0) is 17.4. The molecule has 0 radical (unpaired) electrons. The number of hydrogen-bond acceptors (Lipinski definition) is 5. The molecule has 1 aliphatic carbocycles. The second kappa shape index (κ2) is 6.25. The quantitative estimate of drug-likeness (QED) is 0.784. The smallest absolute Gasteiger partial charge is 0.341 e. The van der Waals surface area contributed by atoms with Crippen LogP contribution in [0.1, 0.15) is 34.8 Å². The van der Waals surface area contributed by atoms with Crippen LogP contribution >= 0.6 is 0 Å². The van der Waals surface area contributed by atoms with Gasteiger partial charge in [0.2, 0.25) is 0 Å². The van der Waals surface area contributed by atoms with Gasteiger partial charge in [0, 0.05) is 19.3 Å². The summed E-state index contributed by atoms with van der Waals surface area (Å²) in [5, 5.41) is 13.7. The number of aromatic nitrogens is 2. The average molecular weight is 336 g/mol. The summed E-state index contributed by atoms with van der Waals surface area (Å²) in [4.78, 5) is 14.0. The predicted molar refractivity (Wildman–Crippen MR) is 92.3 cm³/mol. The predicted octanol–water partition coefficient (Wildman–Crippen LogP) is 2.44. The summed E-state index contributed by atoms with van der Waals surface area (Å²) in [6.07, 6.45) is 4.53. The van der Waals surface area contributed by atoms with Gasteiger partial charge >= 0.3 is 5.97 Å². The van der Waals surface area contributed by atoms with Gasteiger partial charge in [-0.1, -0.05) is 6.07 Å². The van der Waals surface area contributed by atoms with Gasteiger partial charge < -0.3 is 9.64 Å². The van der Waals surface area contributed by atoms with E-state index in [9.17, 15) is 10.1 Å². The third-order valence-corrected chi connectivity index (χ3v) is 4.99. The fraction of sp³-hybridized carbons (Fsp3) is 0.421. The fourth-order valence-corrected chi connectivity index (χ4v) is 3.60. The Hall–Kier alpha value is -2.81. The third-order valence-electron chi connectivity index (χ3n) is 4.99. The molecular weight excluding hydrogens is 316 g/mol. The van der Waals surface area contributed by atoms with Gasteiger partial charge in [-0.25, -0.2) is 4.79 Å². The summed E-state index contributed by atoms with van der Waals surface area (Å²) >= 11 is 0. The lowest BCUT2D eigenvalue weighted by Crippen LogP contribution is -2.22. The lowest BCUT2D eigenvalue weighted by Gasteiger charge is -2.21. The lowest BCUT2D eigenvalue weighted by molar-refractivity contribution is 0.0526. The first kappa shape index (κ1) is 15.7. The number of anilines is 1. The Labute approximate surface area is 146 Å². The minimum absolute atomic E-state index is 0.342. The molecule has 128 valence electrons. The van der Waals surface area contributed by atoms with Crippen molar-refractivity contribution in [2.45, 2.75) is 19.9 Å². The maximum atomic E-state index is 11.7. The topological polar surface area (TPSA) is 71.2 Å². The Kier molecular flexibility index (Phi) is 3.92. The normalized spacial score (nSPS) is 20.9. The zero-order valence-corrected chi connectivity index (χ0v) is 14.2. The number of carbonyl (C=O) groups excluding carboxylic acids is 1. The van der Waals surface area contributed by atoms with Gasteiger partial charge in [-0.05, 0) is 42.9 Å². The molecule has 0 amide bonds. The molecule has 6 nitrogen and oxygen atoms in total. The minimum Gasteiger partial charge on any atom is -0.462 e. The molecule has 6 heteroatoms. The van der Waals surface area contributed by atoms with Crippen molar-refractivity contribution in [3.8, 4) is 6.07 Å². The van der Waals surface area contributed by atoms with Crippen molar-refractivity contribution in [1.82, 2.24) is 9.78 Å². The number of nitriles is 1. The number of fused-ring (bicyclic) bond motifs is 1. The standard InChI is InChI=1S/C19H20N4O2/c1-2-25-19(24)17-8-21-23(12-17)9-13-3-4-18(14(5-13)7-20)22-10-15-6-16(15)11-22/h3-5,8,12,15-16H,2,6,9-11H2,1H3. The van der Waals surface area contributed by atoms with Crippen LogP contribution in [-0.4, -0.2) is 35.4 Å². The highest BCUT2D eigenvalue weighted by Crippen LogP contribution is 2.46. The van der Waals surface area contributed by atoms with Crippen molar-refractivity contribution < 1.29 is 9.53 Å². The molecule has 2 atom stereocenters. The van der Waals surface area contributed by atoms with E-state index in [1.54, 1.807) is 17.8 Å². The van der Waals surface area contributed by atoms with Crippen LogP contribution in [0.2, 0.25) is 0 Å². The number of benzene rings is 1. The van der Waals surface area contributed by atoms with Crippen molar-refractivity contribution in [2.24, 2.45) is 11.8 Å². The van der Waals surface area contributed by atoms with Gasteiger partial charge in [0.05, 0.1) is 36.2 Å². The number of nitrogens with zero attached hydrogens (tertiary/aromatic N) is 4. The second-order valence-corrected chi connectivity index (χ2v) is 6.77. The summed E-state index contributed by atoms with van der Waals surface area (Å²) < 4.78 is 6.66. The van der Waals surface area contributed by atoms with Gasteiger partial charge in [0.1, 0.15) is 6.07 Å². The van der Waals surface area contributed by atoms with Crippen LogP contribution in [0.15, 0.2) is 30.6 Å². The van der Waals surface area contributed by atoms with Crippen LogP contribution < -0.4 is 4.90 Å². The Morgan fingerprint density at radius 2 is 2.20 bits per heavy atom. The Morgan fingerprint density at radius 1 is 1.40 bits per heavy atom. The van der Waals surface area contributed by atoms with Gasteiger partial charge in [-0.15, -0.1) is 0 Å². The van der Waals surface area contributed by atoms with Crippen LogP contribution in [0.4, 0.5) is 5.69 Å². The van der Waals surface area contributed by atoms with Gasteiger partial charge in [0.25, 0.3) is 0 Å². The largest absolute Gasteiger partial charge is 0.462 e. The van der Waals surface area contributed by atoms with E-state index in [0.717, 1.165) is 36.2 Å². The van der Waals surface area contributed by atoms with E-state index >= 15 is 0 Å². The zero-order valence-electron chi connectivity index (χ0n) is 14.2. The molecule has 2 aromatic rings. The van der Waals surface area contributed by atoms with E-state index in [1.165, 1.54) is 12.6 Å². The number of piperidine rings is 1. The molecule has 1 saturated carbocycles. The number of ether oxygens (including phenoxy) is 1. The van der Waals surface area contributed by atoms with E-state index < -0.39 is 0 Å².